The fraction of sp³-hybridized carbons (Fsp3) is 0.200. The third-order valence-electron chi connectivity index (χ3n) is 3.30. The highest BCUT2D eigenvalue weighted by Crippen LogP contribution is 2.30. The molecule has 2 rings (SSSR count). The number of benzene rings is 2. The van der Waals surface area contributed by atoms with Crippen LogP contribution in [0.2, 0.25) is 0 Å². The molecule has 6 heteroatoms. The van der Waals surface area contributed by atoms with Crippen LogP contribution in [-0.2, 0) is 5.54 Å². The molecule has 0 radical (unpaired) electrons. The normalized spacial score (nSPS) is 13.5. The summed E-state index contributed by atoms with van der Waals surface area (Å²) < 4.78 is 0.734. The SMILES string of the molecule is CC(CO)(Nc1ccc([N+](=O)[O-])cc1I)c1ccccc1. The van der Waals surface area contributed by atoms with Crippen LogP contribution in [0.25, 0.3) is 0 Å². The molecule has 0 fully saturated rings. The van der Waals surface area contributed by atoms with Gasteiger partial charge >= 0.3 is 0 Å². The Hall–Kier alpha value is -1.67. The van der Waals surface area contributed by atoms with E-state index in [1.54, 1.807) is 6.07 Å². The minimum atomic E-state index is -0.655. The number of halogens is 1. The first-order valence-corrected chi connectivity index (χ1v) is 7.42. The second-order valence-electron chi connectivity index (χ2n) is 4.90. The zero-order valence-corrected chi connectivity index (χ0v) is 13.6. The quantitative estimate of drug-likeness (QED) is 0.459. The molecular formula is C15H15IN2O3. The number of nitro groups is 1. The molecule has 0 spiro atoms. The van der Waals surface area contributed by atoms with Gasteiger partial charge in [-0.15, -0.1) is 0 Å². The molecule has 2 aromatic rings. The van der Waals surface area contributed by atoms with Gasteiger partial charge in [0.2, 0.25) is 0 Å². The van der Waals surface area contributed by atoms with Gasteiger partial charge in [0, 0.05) is 21.4 Å². The Morgan fingerprint density at radius 1 is 1.29 bits per heavy atom. The molecule has 2 N–H and O–H groups in total. The number of aliphatic hydroxyl groups excluding tert-OH is 1. The highest BCUT2D eigenvalue weighted by Gasteiger charge is 2.26. The highest BCUT2D eigenvalue weighted by molar-refractivity contribution is 14.1. The summed E-state index contributed by atoms with van der Waals surface area (Å²) in [4.78, 5) is 10.3. The molecule has 0 saturated heterocycles. The topological polar surface area (TPSA) is 75.4 Å². The lowest BCUT2D eigenvalue weighted by atomic mass is 9.92. The second-order valence-corrected chi connectivity index (χ2v) is 6.06. The fourth-order valence-corrected chi connectivity index (χ4v) is 2.66. The van der Waals surface area contributed by atoms with Gasteiger partial charge in [-0.25, -0.2) is 0 Å². The highest BCUT2D eigenvalue weighted by atomic mass is 127. The molecule has 5 nitrogen and oxygen atoms in total. The van der Waals surface area contributed by atoms with Crippen LogP contribution >= 0.6 is 22.6 Å². The number of hydrogen-bond donors (Lipinski definition) is 2. The van der Waals surface area contributed by atoms with E-state index in [9.17, 15) is 15.2 Å². The number of nitro benzene ring substituents is 1. The van der Waals surface area contributed by atoms with Crippen LogP contribution in [0.1, 0.15) is 12.5 Å². The average Bonchev–Trinajstić information content (AvgIpc) is 2.50. The summed E-state index contributed by atoms with van der Waals surface area (Å²) in [5.41, 5.74) is 1.09. The number of aliphatic hydroxyl groups is 1. The van der Waals surface area contributed by atoms with Crippen LogP contribution in [0.4, 0.5) is 11.4 Å². The van der Waals surface area contributed by atoms with Crippen LogP contribution in [0, 0.1) is 13.7 Å². The van der Waals surface area contributed by atoms with Gasteiger partial charge in [0.25, 0.3) is 5.69 Å². The Balaban J connectivity index is 2.33. The van der Waals surface area contributed by atoms with Gasteiger partial charge in [0.05, 0.1) is 17.1 Å². The molecule has 0 aliphatic rings. The van der Waals surface area contributed by atoms with Crippen molar-refractivity contribution < 1.29 is 10.0 Å². The maximum absolute atomic E-state index is 10.8. The maximum Gasteiger partial charge on any atom is 0.270 e. The summed E-state index contributed by atoms with van der Waals surface area (Å²) in [5, 5.41) is 23.8. The standard InChI is InChI=1S/C15H15IN2O3/c1-15(10-19,11-5-3-2-4-6-11)17-14-8-7-12(18(20)21)9-13(14)16/h2-9,17,19H,10H2,1H3. The lowest BCUT2D eigenvalue weighted by Crippen LogP contribution is -2.36. The van der Waals surface area contributed by atoms with E-state index in [0.717, 1.165) is 14.8 Å². The van der Waals surface area contributed by atoms with Gasteiger partial charge in [-0.3, -0.25) is 10.1 Å². The molecular weight excluding hydrogens is 383 g/mol. The Labute approximate surface area is 136 Å². The fourth-order valence-electron chi connectivity index (χ4n) is 2.03. The van der Waals surface area contributed by atoms with E-state index in [0.29, 0.717) is 0 Å². The molecule has 0 bridgehead atoms. The number of hydrogen-bond acceptors (Lipinski definition) is 4. The zero-order valence-electron chi connectivity index (χ0n) is 11.4. The minimum absolute atomic E-state index is 0.0513. The number of anilines is 1. The molecule has 110 valence electrons. The molecule has 0 amide bonds. The van der Waals surface area contributed by atoms with Crippen molar-refractivity contribution in [2.45, 2.75) is 12.5 Å². The van der Waals surface area contributed by atoms with E-state index in [1.165, 1.54) is 12.1 Å². The van der Waals surface area contributed by atoms with E-state index in [4.69, 9.17) is 0 Å². The molecule has 1 atom stereocenters. The third-order valence-corrected chi connectivity index (χ3v) is 4.19. The average molecular weight is 398 g/mol. The number of non-ortho nitro benzene ring substituents is 1. The Bertz CT molecular complexity index is 649. The summed E-state index contributed by atoms with van der Waals surface area (Å²) in [5.74, 6) is 0. The predicted octanol–water partition coefficient (Wildman–Crippen LogP) is 3.52. The van der Waals surface area contributed by atoms with Gasteiger partial charge in [0.15, 0.2) is 0 Å². The van der Waals surface area contributed by atoms with Gasteiger partial charge in [-0.1, -0.05) is 30.3 Å². The van der Waals surface area contributed by atoms with Crippen molar-refractivity contribution in [1.29, 1.82) is 0 Å². The molecule has 21 heavy (non-hydrogen) atoms. The Morgan fingerprint density at radius 2 is 1.95 bits per heavy atom. The molecule has 0 aromatic heterocycles. The zero-order chi connectivity index (χ0) is 15.5. The first kappa shape index (κ1) is 15.7. The third kappa shape index (κ3) is 3.51. The summed E-state index contributed by atoms with van der Waals surface area (Å²) in [7, 11) is 0. The lowest BCUT2D eigenvalue weighted by molar-refractivity contribution is -0.384. The van der Waals surface area contributed by atoms with Crippen LogP contribution < -0.4 is 5.32 Å². The molecule has 2 aromatic carbocycles. The molecule has 0 saturated carbocycles. The number of rotatable bonds is 5. The smallest absolute Gasteiger partial charge is 0.270 e. The monoisotopic (exact) mass is 398 g/mol. The molecule has 0 aliphatic heterocycles. The first-order chi connectivity index (χ1) is 9.96. The van der Waals surface area contributed by atoms with Crippen LogP contribution in [-0.4, -0.2) is 16.6 Å². The number of nitrogens with one attached hydrogen (secondary N) is 1. The summed E-state index contributed by atoms with van der Waals surface area (Å²) >= 11 is 2.05. The van der Waals surface area contributed by atoms with Crippen molar-refractivity contribution in [2.24, 2.45) is 0 Å². The number of nitrogens with zero attached hydrogens (tertiary/aromatic N) is 1. The van der Waals surface area contributed by atoms with E-state index >= 15 is 0 Å². The summed E-state index contributed by atoms with van der Waals surface area (Å²) in [6, 6.07) is 14.2. The Kier molecular flexibility index (Phi) is 4.79. The largest absolute Gasteiger partial charge is 0.394 e. The van der Waals surface area contributed by atoms with E-state index < -0.39 is 10.5 Å². The van der Waals surface area contributed by atoms with Crippen molar-refractivity contribution in [3.63, 3.8) is 0 Å². The molecule has 0 heterocycles. The van der Waals surface area contributed by atoms with Gasteiger partial charge in [-0.05, 0) is 41.1 Å². The van der Waals surface area contributed by atoms with E-state index in [2.05, 4.69) is 5.32 Å². The van der Waals surface area contributed by atoms with Crippen LogP contribution in [0.15, 0.2) is 48.5 Å². The van der Waals surface area contributed by atoms with Gasteiger partial charge in [0.1, 0.15) is 0 Å². The van der Waals surface area contributed by atoms with Crippen molar-refractivity contribution in [3.05, 3.63) is 67.8 Å². The van der Waals surface area contributed by atoms with Gasteiger partial charge in [-0.2, -0.15) is 0 Å². The van der Waals surface area contributed by atoms with Gasteiger partial charge < -0.3 is 10.4 Å². The van der Waals surface area contributed by atoms with E-state index in [-0.39, 0.29) is 12.3 Å². The lowest BCUT2D eigenvalue weighted by Gasteiger charge is -2.31. The minimum Gasteiger partial charge on any atom is -0.394 e. The summed E-state index contributed by atoms with van der Waals surface area (Å²) in [6.07, 6.45) is 0. The van der Waals surface area contributed by atoms with Crippen LogP contribution in [0.5, 0.6) is 0 Å². The maximum atomic E-state index is 10.8. The van der Waals surface area contributed by atoms with Crippen LogP contribution in [0.3, 0.4) is 0 Å². The van der Waals surface area contributed by atoms with Crippen molar-refractivity contribution in [2.75, 3.05) is 11.9 Å². The van der Waals surface area contributed by atoms with Crippen molar-refractivity contribution >= 4 is 34.0 Å². The molecule has 1 unspecified atom stereocenters. The second kappa shape index (κ2) is 6.40. The van der Waals surface area contributed by atoms with Crippen molar-refractivity contribution in [1.82, 2.24) is 0 Å². The van der Waals surface area contributed by atoms with Crippen molar-refractivity contribution in [3.8, 4) is 0 Å². The summed E-state index contributed by atoms with van der Waals surface area (Å²) in [6.45, 7) is 1.80. The first-order valence-electron chi connectivity index (χ1n) is 6.35. The predicted molar refractivity (Wildman–Crippen MR) is 90.3 cm³/mol. The van der Waals surface area contributed by atoms with E-state index in [1.807, 2.05) is 59.8 Å². The Morgan fingerprint density at radius 3 is 2.48 bits per heavy atom. The molecule has 0 aliphatic carbocycles.